The van der Waals surface area contributed by atoms with Gasteiger partial charge < -0.3 is 19.9 Å². The van der Waals surface area contributed by atoms with Crippen LogP contribution < -0.4 is 10.6 Å². The second-order valence-corrected chi connectivity index (χ2v) is 8.02. The number of hydrogen-bond acceptors (Lipinski definition) is 5. The maximum absolute atomic E-state index is 14.4. The van der Waals surface area contributed by atoms with E-state index in [-0.39, 0.29) is 29.5 Å². The first-order valence-electron chi connectivity index (χ1n) is 8.91. The van der Waals surface area contributed by atoms with E-state index < -0.39 is 40.0 Å². The number of anilines is 1. The van der Waals surface area contributed by atoms with E-state index in [2.05, 4.69) is 15.6 Å². The van der Waals surface area contributed by atoms with Crippen molar-refractivity contribution in [2.24, 2.45) is 0 Å². The summed E-state index contributed by atoms with van der Waals surface area (Å²) in [4.78, 5) is 15.9. The lowest BCUT2D eigenvalue weighted by molar-refractivity contribution is 0.102. The van der Waals surface area contributed by atoms with Crippen molar-refractivity contribution in [2.45, 2.75) is 18.2 Å². The number of amidine groups is 1. The fourth-order valence-electron chi connectivity index (χ4n) is 2.88. The van der Waals surface area contributed by atoms with E-state index in [1.807, 2.05) is 6.92 Å². The number of halogens is 2. The quantitative estimate of drug-likeness (QED) is 0.619. The first-order valence-corrected chi connectivity index (χ1v) is 10.3. The fourth-order valence-corrected chi connectivity index (χ4v) is 4.28. The van der Waals surface area contributed by atoms with E-state index in [0.29, 0.717) is 12.3 Å². The number of hydrogen-bond donors (Lipinski definition) is 3. The zero-order chi connectivity index (χ0) is 21.0. The van der Waals surface area contributed by atoms with Crippen molar-refractivity contribution in [3.8, 4) is 0 Å². The van der Waals surface area contributed by atoms with Crippen molar-refractivity contribution in [2.75, 3.05) is 24.3 Å². The Labute approximate surface area is 169 Å². The Kier molecular flexibility index (Phi) is 6.78. The number of pyridine rings is 1. The summed E-state index contributed by atoms with van der Waals surface area (Å²) < 4.78 is 45.1. The molecule has 0 aliphatic carbocycles. The molecule has 2 heterocycles. The van der Waals surface area contributed by atoms with Gasteiger partial charge in [0, 0.05) is 17.9 Å². The zero-order valence-corrected chi connectivity index (χ0v) is 16.4. The second-order valence-electron chi connectivity index (χ2n) is 6.36. The number of carbonyl (C=O) groups is 1. The van der Waals surface area contributed by atoms with Crippen LogP contribution in [0.4, 0.5) is 14.5 Å². The van der Waals surface area contributed by atoms with E-state index >= 15 is 0 Å². The van der Waals surface area contributed by atoms with Gasteiger partial charge >= 0.3 is 0 Å². The number of nitrogens with one attached hydrogen (secondary N) is 3. The molecule has 1 aliphatic rings. The molecular weight excluding hydrogens is 402 g/mol. The van der Waals surface area contributed by atoms with Gasteiger partial charge in [-0.15, -0.1) is 0 Å². The normalized spacial score (nSPS) is 21.5. The van der Waals surface area contributed by atoms with Crippen LogP contribution in [0, 0.1) is 17.0 Å². The van der Waals surface area contributed by atoms with Crippen LogP contribution in [0.3, 0.4) is 0 Å². The van der Waals surface area contributed by atoms with Gasteiger partial charge in [-0.3, -0.25) is 10.2 Å². The van der Waals surface area contributed by atoms with Crippen LogP contribution in [-0.4, -0.2) is 45.5 Å². The summed E-state index contributed by atoms with van der Waals surface area (Å²) in [5, 5.41) is 13.0. The van der Waals surface area contributed by atoms with E-state index in [9.17, 15) is 18.1 Å². The van der Waals surface area contributed by atoms with Crippen LogP contribution >= 0.6 is 0 Å². The molecule has 29 heavy (non-hydrogen) atoms. The molecule has 1 aromatic heterocycles. The molecule has 1 amide bonds. The van der Waals surface area contributed by atoms with E-state index in [4.69, 9.17) is 10.1 Å². The minimum Gasteiger partial charge on any atom is -0.616 e. The highest BCUT2D eigenvalue weighted by Gasteiger charge is 2.38. The molecule has 3 N–H and O–H groups in total. The predicted molar refractivity (Wildman–Crippen MR) is 105 cm³/mol. The standard InChI is InChI=1S/C19H20F2N4O3S/c1-2-28-9-17-18(22)25-16(10-29(17)27)13-7-12(4-5-14(13)21)24-19(26)15-6-3-11(20)8-23-15/h3-8,16-17H,2,9-10H2,1H3,(H2,22,25)(H,24,26). The summed E-state index contributed by atoms with van der Waals surface area (Å²) in [6.07, 6.45) is 0.927. The van der Waals surface area contributed by atoms with Gasteiger partial charge in [-0.05, 0) is 48.4 Å². The molecule has 0 bridgehead atoms. The number of amides is 1. The number of carbonyl (C=O) groups excluding carboxylic acids is 1. The van der Waals surface area contributed by atoms with Gasteiger partial charge in [-0.1, -0.05) is 0 Å². The Bertz CT molecular complexity index is 898. The Morgan fingerprint density at radius 1 is 1.41 bits per heavy atom. The smallest absolute Gasteiger partial charge is 0.274 e. The summed E-state index contributed by atoms with van der Waals surface area (Å²) in [6, 6.07) is 5.65. The molecule has 1 aliphatic heterocycles. The molecular formula is C19H20F2N4O3S. The number of rotatable bonds is 6. The third-order valence-corrected chi connectivity index (χ3v) is 6.03. The molecule has 3 rings (SSSR count). The summed E-state index contributed by atoms with van der Waals surface area (Å²) in [7, 11) is 0. The van der Waals surface area contributed by atoms with Crippen molar-refractivity contribution >= 4 is 28.6 Å². The molecule has 3 atom stereocenters. The first kappa shape index (κ1) is 21.2. The lowest BCUT2D eigenvalue weighted by atomic mass is 10.1. The van der Waals surface area contributed by atoms with Crippen LogP contribution in [0.5, 0.6) is 0 Å². The predicted octanol–water partition coefficient (Wildman–Crippen LogP) is 2.39. The first-order chi connectivity index (χ1) is 13.9. The van der Waals surface area contributed by atoms with Crippen LogP contribution in [0.1, 0.15) is 29.0 Å². The number of ether oxygens (including phenoxy) is 1. The Hall–Kier alpha value is -2.56. The van der Waals surface area contributed by atoms with Gasteiger partial charge in [0.05, 0.1) is 6.20 Å². The summed E-state index contributed by atoms with van der Waals surface area (Å²) in [5.41, 5.74) is 0.491. The molecule has 154 valence electrons. The monoisotopic (exact) mass is 422 g/mol. The molecule has 0 saturated carbocycles. The van der Waals surface area contributed by atoms with Crippen LogP contribution in [0.25, 0.3) is 0 Å². The lowest BCUT2D eigenvalue weighted by Crippen LogP contribution is -2.52. The molecule has 0 spiro atoms. The van der Waals surface area contributed by atoms with Crippen molar-refractivity contribution in [1.29, 1.82) is 5.41 Å². The second kappa shape index (κ2) is 9.29. The van der Waals surface area contributed by atoms with Gasteiger partial charge in [0.2, 0.25) is 0 Å². The fraction of sp³-hybridized carbons (Fsp3) is 0.316. The maximum atomic E-state index is 14.4. The van der Waals surface area contributed by atoms with Gasteiger partial charge in [0.25, 0.3) is 5.91 Å². The average Bonchev–Trinajstić information content (AvgIpc) is 2.69. The average molecular weight is 422 g/mol. The van der Waals surface area contributed by atoms with Gasteiger partial charge in [0.1, 0.15) is 35.7 Å². The Balaban J connectivity index is 1.74. The minimum atomic E-state index is -1.41. The summed E-state index contributed by atoms with van der Waals surface area (Å²) in [6.45, 7) is 2.41. The van der Waals surface area contributed by atoms with Gasteiger partial charge in [0.15, 0.2) is 11.1 Å². The third kappa shape index (κ3) is 5.08. The minimum absolute atomic E-state index is 0.00899. The molecule has 3 unspecified atom stereocenters. The maximum Gasteiger partial charge on any atom is 0.274 e. The highest BCUT2D eigenvalue weighted by Crippen LogP contribution is 2.27. The van der Waals surface area contributed by atoms with Crippen molar-refractivity contribution in [1.82, 2.24) is 10.3 Å². The van der Waals surface area contributed by atoms with Crippen molar-refractivity contribution in [3.05, 3.63) is 59.4 Å². The molecule has 1 aromatic carbocycles. The molecule has 7 nitrogen and oxygen atoms in total. The zero-order valence-electron chi connectivity index (χ0n) is 15.6. The SMILES string of the molecule is CCOCC1C(=N)NC(c2cc(NC(=O)c3ccc(F)cn3)ccc2F)C[S+]1[O-]. The number of aromatic nitrogens is 1. The van der Waals surface area contributed by atoms with Gasteiger partial charge in [-0.2, -0.15) is 0 Å². The van der Waals surface area contributed by atoms with Crippen LogP contribution in [-0.2, 0) is 15.9 Å². The highest BCUT2D eigenvalue weighted by atomic mass is 32.2. The van der Waals surface area contributed by atoms with Crippen LogP contribution in [0.2, 0.25) is 0 Å². The topological polar surface area (TPSA) is 110 Å². The van der Waals surface area contributed by atoms with E-state index in [1.165, 1.54) is 24.3 Å². The lowest BCUT2D eigenvalue weighted by Gasteiger charge is -2.33. The highest BCUT2D eigenvalue weighted by molar-refractivity contribution is 7.92. The summed E-state index contributed by atoms with van der Waals surface area (Å²) in [5.74, 6) is -1.56. The Morgan fingerprint density at radius 3 is 2.86 bits per heavy atom. The third-order valence-electron chi connectivity index (χ3n) is 4.36. The van der Waals surface area contributed by atoms with Crippen molar-refractivity contribution < 1.29 is 22.9 Å². The molecule has 1 fully saturated rings. The van der Waals surface area contributed by atoms with Crippen LogP contribution in [0.15, 0.2) is 36.5 Å². The number of nitrogens with zero attached hydrogens (tertiary/aromatic N) is 1. The molecule has 2 aromatic rings. The molecule has 0 radical (unpaired) electrons. The van der Waals surface area contributed by atoms with E-state index in [0.717, 1.165) is 12.3 Å². The largest absolute Gasteiger partial charge is 0.616 e. The molecule has 10 heteroatoms. The van der Waals surface area contributed by atoms with Gasteiger partial charge in [-0.25, -0.2) is 13.8 Å². The molecule has 1 saturated heterocycles. The Morgan fingerprint density at radius 2 is 2.21 bits per heavy atom. The number of benzene rings is 1. The van der Waals surface area contributed by atoms with Crippen molar-refractivity contribution in [3.63, 3.8) is 0 Å². The van der Waals surface area contributed by atoms with E-state index in [1.54, 1.807) is 0 Å². The summed E-state index contributed by atoms with van der Waals surface area (Å²) >= 11 is -1.41.